The number of ether oxygens (including phenoxy) is 1. The normalized spacial score (nSPS) is 19.6. The molecule has 2 N–H and O–H groups in total. The highest BCUT2D eigenvalue weighted by atomic mass is 32.1. The second-order valence-corrected chi connectivity index (χ2v) is 6.17. The van der Waals surface area contributed by atoms with E-state index in [1.165, 1.54) is 0 Å². The highest BCUT2D eigenvalue weighted by Crippen LogP contribution is 2.26. The van der Waals surface area contributed by atoms with Gasteiger partial charge in [0.15, 0.2) is 0 Å². The van der Waals surface area contributed by atoms with Gasteiger partial charge in [-0.1, -0.05) is 6.92 Å². The van der Waals surface area contributed by atoms with Crippen molar-refractivity contribution in [3.05, 3.63) is 34.0 Å². The Bertz CT molecular complexity index is 590. The molecule has 3 rings (SSSR count). The van der Waals surface area contributed by atoms with Gasteiger partial charge in [-0.2, -0.15) is 5.10 Å². The van der Waals surface area contributed by atoms with Gasteiger partial charge < -0.3 is 10.1 Å². The van der Waals surface area contributed by atoms with Gasteiger partial charge >= 0.3 is 0 Å². The zero-order valence-electron chi connectivity index (χ0n) is 11.8. The SMILES string of the molecule is C[C@H](CNC(=O)c1cn[nH]c1[C@@H]1CCOC1)c1nccs1. The van der Waals surface area contributed by atoms with Crippen molar-refractivity contribution in [2.24, 2.45) is 0 Å². The molecule has 1 amide bonds. The van der Waals surface area contributed by atoms with Crippen LogP contribution in [0.4, 0.5) is 0 Å². The van der Waals surface area contributed by atoms with E-state index in [1.54, 1.807) is 23.7 Å². The van der Waals surface area contributed by atoms with Crippen molar-refractivity contribution >= 4 is 17.2 Å². The summed E-state index contributed by atoms with van der Waals surface area (Å²) in [6.45, 7) is 4.02. The van der Waals surface area contributed by atoms with E-state index < -0.39 is 0 Å². The van der Waals surface area contributed by atoms with Crippen LogP contribution in [0, 0.1) is 0 Å². The van der Waals surface area contributed by atoms with E-state index in [1.807, 2.05) is 5.38 Å². The summed E-state index contributed by atoms with van der Waals surface area (Å²) in [5, 5.41) is 12.9. The molecule has 6 nitrogen and oxygen atoms in total. The van der Waals surface area contributed by atoms with Crippen LogP contribution in [0.15, 0.2) is 17.8 Å². The lowest BCUT2D eigenvalue weighted by Crippen LogP contribution is -2.28. The Kier molecular flexibility index (Phi) is 4.31. The first-order valence-electron chi connectivity index (χ1n) is 7.04. The topological polar surface area (TPSA) is 79.9 Å². The predicted octanol–water partition coefficient (Wildman–Crippen LogP) is 1.90. The fraction of sp³-hybridized carbons (Fsp3) is 0.500. The Labute approximate surface area is 126 Å². The van der Waals surface area contributed by atoms with E-state index in [0.29, 0.717) is 18.7 Å². The fourth-order valence-corrected chi connectivity index (χ4v) is 3.16. The Balaban J connectivity index is 1.62. The Morgan fingerprint density at radius 3 is 3.29 bits per heavy atom. The lowest BCUT2D eigenvalue weighted by molar-refractivity contribution is 0.0950. The summed E-state index contributed by atoms with van der Waals surface area (Å²) >= 11 is 1.61. The molecule has 0 unspecified atom stereocenters. The molecule has 0 radical (unpaired) electrons. The number of aromatic nitrogens is 3. The number of aromatic amines is 1. The van der Waals surface area contributed by atoms with E-state index in [4.69, 9.17) is 4.74 Å². The summed E-state index contributed by atoms with van der Waals surface area (Å²) in [6.07, 6.45) is 4.31. The van der Waals surface area contributed by atoms with Crippen molar-refractivity contribution in [2.75, 3.05) is 19.8 Å². The molecule has 0 aliphatic carbocycles. The molecule has 0 spiro atoms. The molecule has 2 aromatic rings. The number of H-pyrrole nitrogens is 1. The maximum atomic E-state index is 12.3. The first-order valence-corrected chi connectivity index (χ1v) is 7.92. The van der Waals surface area contributed by atoms with Crippen molar-refractivity contribution < 1.29 is 9.53 Å². The molecular weight excluding hydrogens is 288 g/mol. The molecular formula is C14H18N4O2S. The Morgan fingerprint density at radius 2 is 2.57 bits per heavy atom. The zero-order chi connectivity index (χ0) is 14.7. The number of nitrogens with one attached hydrogen (secondary N) is 2. The van der Waals surface area contributed by atoms with Gasteiger partial charge in [-0.25, -0.2) is 4.98 Å². The van der Waals surface area contributed by atoms with Gasteiger partial charge in [-0.15, -0.1) is 11.3 Å². The van der Waals surface area contributed by atoms with Crippen molar-refractivity contribution in [2.45, 2.75) is 25.2 Å². The molecule has 0 saturated carbocycles. The molecule has 7 heteroatoms. The van der Waals surface area contributed by atoms with Crippen molar-refractivity contribution in [3.8, 4) is 0 Å². The summed E-state index contributed by atoms with van der Waals surface area (Å²) in [5.41, 5.74) is 1.50. The molecule has 2 atom stereocenters. The molecule has 3 heterocycles. The van der Waals surface area contributed by atoms with Crippen LogP contribution in [-0.2, 0) is 4.74 Å². The first kappa shape index (κ1) is 14.2. The van der Waals surface area contributed by atoms with Crippen LogP contribution in [0.3, 0.4) is 0 Å². The predicted molar refractivity (Wildman–Crippen MR) is 79.6 cm³/mol. The number of carbonyl (C=O) groups is 1. The number of thiazole rings is 1. The molecule has 1 aliphatic rings. The van der Waals surface area contributed by atoms with Gasteiger partial charge in [-0.3, -0.25) is 9.89 Å². The van der Waals surface area contributed by atoms with Crippen molar-refractivity contribution in [1.82, 2.24) is 20.5 Å². The van der Waals surface area contributed by atoms with Crippen LogP contribution in [0.5, 0.6) is 0 Å². The quantitative estimate of drug-likeness (QED) is 0.884. The summed E-state index contributed by atoms with van der Waals surface area (Å²) < 4.78 is 5.38. The average molecular weight is 306 g/mol. The van der Waals surface area contributed by atoms with E-state index in [-0.39, 0.29) is 17.7 Å². The van der Waals surface area contributed by atoms with Gasteiger partial charge in [0.05, 0.1) is 29.1 Å². The van der Waals surface area contributed by atoms with Crippen LogP contribution >= 0.6 is 11.3 Å². The lowest BCUT2D eigenvalue weighted by Gasteiger charge is -2.11. The zero-order valence-corrected chi connectivity index (χ0v) is 12.7. The molecule has 2 aromatic heterocycles. The van der Waals surface area contributed by atoms with E-state index in [9.17, 15) is 4.79 Å². The molecule has 1 fully saturated rings. The van der Waals surface area contributed by atoms with Gasteiger partial charge in [0.25, 0.3) is 5.91 Å². The largest absolute Gasteiger partial charge is 0.381 e. The van der Waals surface area contributed by atoms with Crippen molar-refractivity contribution in [3.63, 3.8) is 0 Å². The minimum absolute atomic E-state index is 0.0888. The van der Waals surface area contributed by atoms with E-state index >= 15 is 0 Å². The number of carbonyl (C=O) groups excluding carboxylic acids is 1. The highest BCUT2D eigenvalue weighted by molar-refractivity contribution is 7.09. The van der Waals surface area contributed by atoms with Gasteiger partial charge in [0, 0.05) is 36.6 Å². The van der Waals surface area contributed by atoms with Crippen LogP contribution in [0.25, 0.3) is 0 Å². The molecule has 21 heavy (non-hydrogen) atoms. The van der Waals surface area contributed by atoms with Crippen molar-refractivity contribution in [1.29, 1.82) is 0 Å². The van der Waals surface area contributed by atoms with Gasteiger partial charge in [0.1, 0.15) is 0 Å². The number of amides is 1. The highest BCUT2D eigenvalue weighted by Gasteiger charge is 2.25. The maximum Gasteiger partial charge on any atom is 0.254 e. The smallest absolute Gasteiger partial charge is 0.254 e. The monoisotopic (exact) mass is 306 g/mol. The van der Waals surface area contributed by atoms with Crippen LogP contribution in [-0.4, -0.2) is 40.8 Å². The number of hydrogen-bond acceptors (Lipinski definition) is 5. The fourth-order valence-electron chi connectivity index (χ4n) is 2.46. The summed E-state index contributed by atoms with van der Waals surface area (Å²) in [5.74, 6) is 0.359. The second kappa shape index (κ2) is 6.36. The summed E-state index contributed by atoms with van der Waals surface area (Å²) in [6, 6.07) is 0. The third-order valence-electron chi connectivity index (χ3n) is 3.69. The van der Waals surface area contributed by atoms with E-state index in [2.05, 4.69) is 27.4 Å². The molecule has 0 aromatic carbocycles. The first-order chi connectivity index (χ1) is 10.3. The third-order valence-corrected chi connectivity index (χ3v) is 4.70. The maximum absolute atomic E-state index is 12.3. The van der Waals surface area contributed by atoms with Gasteiger partial charge in [-0.05, 0) is 6.42 Å². The minimum Gasteiger partial charge on any atom is -0.381 e. The third kappa shape index (κ3) is 3.14. The lowest BCUT2D eigenvalue weighted by atomic mass is 10.0. The van der Waals surface area contributed by atoms with Crippen LogP contribution in [0.1, 0.15) is 46.2 Å². The number of nitrogens with zero attached hydrogens (tertiary/aromatic N) is 2. The number of hydrogen-bond donors (Lipinski definition) is 2. The second-order valence-electron chi connectivity index (χ2n) is 5.24. The number of rotatable bonds is 5. The van der Waals surface area contributed by atoms with E-state index in [0.717, 1.165) is 23.7 Å². The standard InChI is InChI=1S/C14H18N4O2S/c1-9(14-15-3-5-21-14)6-16-13(19)11-7-17-18-12(11)10-2-4-20-8-10/h3,5,7,9-10H,2,4,6,8H2,1H3,(H,16,19)(H,17,18)/t9-,10-/m1/s1. The average Bonchev–Trinajstić information content (AvgIpc) is 3.25. The van der Waals surface area contributed by atoms with Gasteiger partial charge in [0.2, 0.25) is 0 Å². The molecule has 112 valence electrons. The minimum atomic E-state index is -0.0888. The van der Waals surface area contributed by atoms with Crippen LogP contribution in [0.2, 0.25) is 0 Å². The summed E-state index contributed by atoms with van der Waals surface area (Å²) in [7, 11) is 0. The summed E-state index contributed by atoms with van der Waals surface area (Å²) in [4.78, 5) is 16.6. The Morgan fingerprint density at radius 1 is 1.67 bits per heavy atom. The molecule has 1 aliphatic heterocycles. The van der Waals surface area contributed by atoms with Crippen LogP contribution < -0.4 is 5.32 Å². The molecule has 1 saturated heterocycles. The molecule has 0 bridgehead atoms. The Hall–Kier alpha value is -1.73.